The van der Waals surface area contributed by atoms with Gasteiger partial charge in [0.1, 0.15) is 11.6 Å². The van der Waals surface area contributed by atoms with Crippen LogP contribution in [0.15, 0.2) is 22.3 Å². The lowest BCUT2D eigenvalue weighted by molar-refractivity contribution is -0.108. The van der Waals surface area contributed by atoms with Crippen LogP contribution >= 0.6 is 22.6 Å². The van der Waals surface area contributed by atoms with E-state index in [0.717, 1.165) is 3.58 Å². The second-order valence-corrected chi connectivity index (χ2v) is 7.61. The molecule has 1 fully saturated rings. The Hall–Kier alpha value is -1.29. The number of alkyl carbamates (subject to hydrolysis) is 1. The summed E-state index contributed by atoms with van der Waals surface area (Å²) in [5, 5.41) is 4.09. The van der Waals surface area contributed by atoms with Crippen LogP contribution < -0.4 is 5.32 Å². The van der Waals surface area contributed by atoms with Gasteiger partial charge in [0, 0.05) is 10.1 Å². The van der Waals surface area contributed by atoms with Crippen LogP contribution in [0.2, 0.25) is 0 Å². The average Bonchev–Trinajstić information content (AvgIpc) is 2.72. The number of halogens is 1. The third-order valence-corrected chi connectivity index (χ3v) is 4.42. The van der Waals surface area contributed by atoms with Gasteiger partial charge in [-0.2, -0.15) is 5.06 Å². The zero-order valence-corrected chi connectivity index (χ0v) is 15.7. The van der Waals surface area contributed by atoms with E-state index >= 15 is 0 Å². The van der Waals surface area contributed by atoms with Gasteiger partial charge < -0.3 is 15.0 Å². The lowest BCUT2D eigenvalue weighted by Gasteiger charge is -2.28. The molecule has 2 aliphatic rings. The first-order chi connectivity index (χ1) is 10.7. The van der Waals surface area contributed by atoms with Gasteiger partial charge >= 0.3 is 12.1 Å². The first-order valence-corrected chi connectivity index (χ1v) is 8.48. The molecule has 3 amide bonds. The fourth-order valence-electron chi connectivity index (χ4n) is 2.41. The van der Waals surface area contributed by atoms with E-state index < -0.39 is 11.7 Å². The fourth-order valence-corrected chi connectivity index (χ4v) is 3.27. The molecule has 128 valence electrons. The third-order valence-electron chi connectivity index (χ3n) is 3.34. The Morgan fingerprint density at radius 1 is 1.57 bits per heavy atom. The number of hydroxylamine groups is 2. The highest BCUT2D eigenvalue weighted by atomic mass is 127. The van der Waals surface area contributed by atoms with Crippen molar-refractivity contribution in [3.05, 3.63) is 22.3 Å². The van der Waals surface area contributed by atoms with Crippen molar-refractivity contribution in [3.8, 4) is 0 Å². The summed E-state index contributed by atoms with van der Waals surface area (Å²) in [5.74, 6) is 0. The Bertz CT molecular complexity index is 529. The highest BCUT2D eigenvalue weighted by Crippen LogP contribution is 2.33. The van der Waals surface area contributed by atoms with Crippen LogP contribution in [-0.4, -0.2) is 59.5 Å². The molecule has 2 rings (SSSR count). The molecule has 0 spiro atoms. The predicted octanol–water partition coefficient (Wildman–Crippen LogP) is 2.44. The van der Waals surface area contributed by atoms with E-state index in [-0.39, 0.29) is 24.7 Å². The molecule has 1 saturated heterocycles. The highest BCUT2D eigenvalue weighted by molar-refractivity contribution is 14.1. The fraction of sp³-hybridized carbons (Fsp3) is 0.600. The van der Waals surface area contributed by atoms with Crippen LogP contribution in [0.5, 0.6) is 0 Å². The van der Waals surface area contributed by atoms with Crippen molar-refractivity contribution >= 4 is 34.7 Å². The van der Waals surface area contributed by atoms with E-state index in [4.69, 9.17) is 9.57 Å². The number of carbonyl (C=O) groups excluding carboxylic acids is 2. The molecular weight excluding hydrogens is 413 g/mol. The highest BCUT2D eigenvalue weighted by Gasteiger charge is 2.46. The molecule has 2 aliphatic heterocycles. The molecule has 8 heteroatoms. The maximum Gasteiger partial charge on any atom is 0.407 e. The van der Waals surface area contributed by atoms with Crippen molar-refractivity contribution in [1.29, 1.82) is 0 Å². The van der Waals surface area contributed by atoms with Crippen molar-refractivity contribution in [3.63, 3.8) is 0 Å². The Labute approximate surface area is 149 Å². The van der Waals surface area contributed by atoms with E-state index in [1.54, 1.807) is 31.7 Å². The lowest BCUT2D eigenvalue weighted by Crippen LogP contribution is -2.46. The quantitative estimate of drug-likeness (QED) is 0.532. The van der Waals surface area contributed by atoms with E-state index in [1.165, 1.54) is 5.06 Å². The van der Waals surface area contributed by atoms with Gasteiger partial charge in [0.25, 0.3) is 0 Å². The average molecular weight is 435 g/mol. The van der Waals surface area contributed by atoms with E-state index in [9.17, 15) is 9.59 Å². The monoisotopic (exact) mass is 435 g/mol. The Morgan fingerprint density at radius 3 is 2.87 bits per heavy atom. The van der Waals surface area contributed by atoms with Crippen molar-refractivity contribution in [2.45, 2.75) is 38.5 Å². The largest absolute Gasteiger partial charge is 0.444 e. The van der Waals surface area contributed by atoms with Crippen molar-refractivity contribution in [1.82, 2.24) is 15.3 Å². The number of urea groups is 1. The van der Waals surface area contributed by atoms with Crippen LogP contribution in [-0.2, 0) is 9.57 Å². The first kappa shape index (κ1) is 18.1. The van der Waals surface area contributed by atoms with Crippen molar-refractivity contribution in [2.24, 2.45) is 0 Å². The topological polar surface area (TPSA) is 71.1 Å². The molecule has 0 saturated carbocycles. The number of fused-ring (bicyclic) bond motifs is 2. The molecule has 2 atom stereocenters. The molecule has 1 N–H and O–H groups in total. The molecule has 0 radical (unpaired) electrons. The summed E-state index contributed by atoms with van der Waals surface area (Å²) in [6.45, 7) is 10.1. The lowest BCUT2D eigenvalue weighted by atomic mass is 10.1. The summed E-state index contributed by atoms with van der Waals surface area (Å²) >= 11 is 2.21. The number of nitrogens with zero attached hydrogens (tertiary/aromatic N) is 2. The molecule has 7 nitrogen and oxygen atoms in total. The van der Waals surface area contributed by atoms with Gasteiger partial charge in [0.2, 0.25) is 0 Å². The van der Waals surface area contributed by atoms with Gasteiger partial charge in [0.15, 0.2) is 0 Å². The second kappa shape index (κ2) is 7.08. The minimum Gasteiger partial charge on any atom is -0.444 e. The van der Waals surface area contributed by atoms with Gasteiger partial charge in [0.05, 0.1) is 19.2 Å². The molecular formula is C15H22IN3O4. The Morgan fingerprint density at radius 2 is 2.26 bits per heavy atom. The number of hydrogen-bond donors (Lipinski definition) is 1. The number of ether oxygens (including phenoxy) is 1. The molecule has 2 unspecified atom stereocenters. The molecule has 23 heavy (non-hydrogen) atoms. The van der Waals surface area contributed by atoms with E-state index in [1.807, 2.05) is 6.08 Å². The Balaban J connectivity index is 1.98. The number of hydrogen-bond acceptors (Lipinski definition) is 4. The van der Waals surface area contributed by atoms with Crippen molar-refractivity contribution < 1.29 is 19.2 Å². The molecule has 2 bridgehead atoms. The van der Waals surface area contributed by atoms with Crippen molar-refractivity contribution in [2.75, 3.05) is 19.7 Å². The summed E-state index contributed by atoms with van der Waals surface area (Å²) in [6.07, 6.45) is 3.08. The van der Waals surface area contributed by atoms with Gasteiger partial charge in [-0.15, -0.1) is 6.58 Å². The van der Waals surface area contributed by atoms with E-state index in [2.05, 4.69) is 34.5 Å². The minimum atomic E-state index is -0.551. The summed E-state index contributed by atoms with van der Waals surface area (Å²) in [5.41, 5.74) is -0.551. The number of nitrogens with one attached hydrogen (secondary N) is 1. The van der Waals surface area contributed by atoms with Crippen LogP contribution in [0.25, 0.3) is 0 Å². The molecule has 0 aliphatic carbocycles. The SMILES string of the molecule is C=CCON1C(=O)N2CC1C(I)=CC2CNC(=O)OC(C)(C)C. The van der Waals surface area contributed by atoms with Gasteiger partial charge in [-0.25, -0.2) is 9.59 Å². The second-order valence-electron chi connectivity index (χ2n) is 6.36. The first-order valence-electron chi connectivity index (χ1n) is 7.40. The summed E-state index contributed by atoms with van der Waals surface area (Å²) in [7, 11) is 0. The maximum absolute atomic E-state index is 12.4. The van der Waals surface area contributed by atoms with Crippen LogP contribution in [0.3, 0.4) is 0 Å². The number of carbonyl (C=O) groups is 2. The zero-order valence-electron chi connectivity index (χ0n) is 13.5. The molecule has 0 aromatic rings. The Kier molecular flexibility index (Phi) is 5.56. The standard InChI is InChI=1S/C15H22IN3O4/c1-5-6-22-19-12-9-18(14(19)21)10(7-11(12)16)8-17-13(20)23-15(2,3)4/h5,7,10,12H,1,6,8-9H2,2-4H3,(H,17,20). The summed E-state index contributed by atoms with van der Waals surface area (Å²) in [6, 6.07) is -0.507. The number of rotatable bonds is 5. The van der Waals surface area contributed by atoms with Crippen LogP contribution in [0.1, 0.15) is 20.8 Å². The van der Waals surface area contributed by atoms with Gasteiger partial charge in [-0.1, -0.05) is 6.08 Å². The maximum atomic E-state index is 12.4. The van der Waals surface area contributed by atoms with Crippen LogP contribution in [0, 0.1) is 0 Å². The van der Waals surface area contributed by atoms with Gasteiger partial charge in [-0.3, -0.25) is 4.84 Å². The molecule has 2 heterocycles. The molecule has 0 aromatic heterocycles. The minimum absolute atomic E-state index is 0.0965. The number of amides is 3. The van der Waals surface area contributed by atoms with Gasteiger partial charge in [-0.05, 0) is 49.4 Å². The summed E-state index contributed by atoms with van der Waals surface area (Å²) in [4.78, 5) is 31.3. The predicted molar refractivity (Wildman–Crippen MR) is 94.0 cm³/mol. The summed E-state index contributed by atoms with van der Waals surface area (Å²) < 4.78 is 6.23. The third kappa shape index (κ3) is 4.37. The normalized spacial score (nSPS) is 23.7. The van der Waals surface area contributed by atoms with E-state index in [0.29, 0.717) is 13.1 Å². The zero-order chi connectivity index (χ0) is 17.2. The molecule has 0 aromatic carbocycles. The smallest absolute Gasteiger partial charge is 0.407 e. The van der Waals surface area contributed by atoms with Crippen LogP contribution in [0.4, 0.5) is 9.59 Å².